The number of thiazole rings is 1. The molecule has 1 saturated heterocycles. The Morgan fingerprint density at radius 3 is 3.05 bits per heavy atom. The lowest BCUT2D eigenvalue weighted by Gasteiger charge is -2.26. The van der Waals surface area contributed by atoms with Crippen molar-refractivity contribution in [3.63, 3.8) is 0 Å². The van der Waals surface area contributed by atoms with E-state index in [0.29, 0.717) is 18.0 Å². The van der Waals surface area contributed by atoms with Gasteiger partial charge in [-0.3, -0.25) is 9.69 Å². The topological polar surface area (TPSA) is 67.6 Å². The normalized spacial score (nSPS) is 16.0. The quantitative estimate of drug-likeness (QED) is 0.906. The van der Waals surface area contributed by atoms with Crippen molar-refractivity contribution in [2.24, 2.45) is 0 Å². The number of hydrogen-bond donors (Lipinski definition) is 1. The molecule has 1 fully saturated rings. The standard InChI is InChI=1S/C14H17N3O3S/c18-13(15-3-4-17-5-8-19-9-6-17)11-10-21-14(16-11)12-2-1-7-20-12/h1-2,7,10H,3-6,8-9H2,(H,15,18). The predicted octanol–water partition coefficient (Wildman–Crippen LogP) is 1.47. The monoisotopic (exact) mass is 307 g/mol. The molecule has 112 valence electrons. The van der Waals surface area contributed by atoms with Gasteiger partial charge in [-0.1, -0.05) is 0 Å². The van der Waals surface area contributed by atoms with E-state index in [1.54, 1.807) is 17.7 Å². The van der Waals surface area contributed by atoms with Crippen LogP contribution in [0, 0.1) is 0 Å². The molecule has 3 heterocycles. The molecule has 21 heavy (non-hydrogen) atoms. The number of morpholine rings is 1. The molecule has 6 nitrogen and oxygen atoms in total. The Bertz CT molecular complexity index is 576. The fourth-order valence-electron chi connectivity index (χ4n) is 2.13. The zero-order valence-electron chi connectivity index (χ0n) is 11.6. The summed E-state index contributed by atoms with van der Waals surface area (Å²) in [4.78, 5) is 18.6. The average Bonchev–Trinajstić information content (AvgIpc) is 3.19. The molecule has 0 spiro atoms. The first-order chi connectivity index (χ1) is 10.3. The number of hydrogen-bond acceptors (Lipinski definition) is 6. The fraction of sp³-hybridized carbons (Fsp3) is 0.429. The third-order valence-corrected chi connectivity index (χ3v) is 4.14. The Hall–Kier alpha value is -1.70. The van der Waals surface area contributed by atoms with Crippen LogP contribution in [0.25, 0.3) is 10.8 Å². The highest BCUT2D eigenvalue weighted by molar-refractivity contribution is 7.13. The van der Waals surface area contributed by atoms with Gasteiger partial charge in [0.2, 0.25) is 0 Å². The highest BCUT2D eigenvalue weighted by Crippen LogP contribution is 2.23. The van der Waals surface area contributed by atoms with Crippen LogP contribution in [0.15, 0.2) is 28.2 Å². The maximum absolute atomic E-state index is 12.0. The Kier molecular flexibility index (Phi) is 4.64. The number of carbonyl (C=O) groups excluding carboxylic acids is 1. The largest absolute Gasteiger partial charge is 0.462 e. The summed E-state index contributed by atoms with van der Waals surface area (Å²) in [6, 6.07) is 3.64. The van der Waals surface area contributed by atoms with E-state index in [9.17, 15) is 4.79 Å². The number of aromatic nitrogens is 1. The Labute approximate surface area is 126 Å². The number of nitrogens with zero attached hydrogens (tertiary/aromatic N) is 2. The smallest absolute Gasteiger partial charge is 0.270 e. The SMILES string of the molecule is O=C(NCCN1CCOCC1)c1csc(-c2ccco2)n1. The minimum Gasteiger partial charge on any atom is -0.462 e. The molecule has 1 amide bonds. The van der Waals surface area contributed by atoms with Crippen LogP contribution in [0.5, 0.6) is 0 Å². The summed E-state index contributed by atoms with van der Waals surface area (Å²) in [5.74, 6) is 0.546. The molecule has 1 N–H and O–H groups in total. The van der Waals surface area contributed by atoms with E-state index in [2.05, 4.69) is 15.2 Å². The van der Waals surface area contributed by atoms with Crippen molar-refractivity contribution in [2.75, 3.05) is 39.4 Å². The molecular weight excluding hydrogens is 290 g/mol. The molecule has 2 aromatic heterocycles. The number of rotatable bonds is 5. The van der Waals surface area contributed by atoms with E-state index in [1.165, 1.54) is 11.3 Å². The van der Waals surface area contributed by atoms with Crippen LogP contribution >= 0.6 is 11.3 Å². The molecular formula is C14H17N3O3S. The molecule has 0 atom stereocenters. The lowest BCUT2D eigenvalue weighted by atomic mass is 10.4. The summed E-state index contributed by atoms with van der Waals surface area (Å²) < 4.78 is 10.6. The molecule has 2 aromatic rings. The van der Waals surface area contributed by atoms with Crippen LogP contribution < -0.4 is 5.32 Å². The maximum Gasteiger partial charge on any atom is 0.270 e. The van der Waals surface area contributed by atoms with Crippen LogP contribution in [0.4, 0.5) is 0 Å². The van der Waals surface area contributed by atoms with Crippen molar-refractivity contribution in [3.05, 3.63) is 29.5 Å². The molecule has 7 heteroatoms. The first-order valence-corrected chi connectivity index (χ1v) is 7.78. The molecule has 1 aliphatic rings. The van der Waals surface area contributed by atoms with Crippen molar-refractivity contribution in [2.45, 2.75) is 0 Å². The van der Waals surface area contributed by atoms with Gasteiger partial charge in [-0.05, 0) is 12.1 Å². The third kappa shape index (κ3) is 3.69. The summed E-state index contributed by atoms with van der Waals surface area (Å²) in [5.41, 5.74) is 0.438. The van der Waals surface area contributed by atoms with Crippen LogP contribution in [-0.2, 0) is 4.74 Å². The van der Waals surface area contributed by atoms with Crippen molar-refractivity contribution in [1.82, 2.24) is 15.2 Å². The van der Waals surface area contributed by atoms with Crippen LogP contribution in [0.3, 0.4) is 0 Å². The van der Waals surface area contributed by atoms with E-state index in [4.69, 9.17) is 9.15 Å². The van der Waals surface area contributed by atoms with Gasteiger partial charge >= 0.3 is 0 Å². The van der Waals surface area contributed by atoms with E-state index < -0.39 is 0 Å². The number of furan rings is 1. The first-order valence-electron chi connectivity index (χ1n) is 6.90. The third-order valence-electron chi connectivity index (χ3n) is 3.29. The van der Waals surface area contributed by atoms with E-state index in [0.717, 1.165) is 37.9 Å². The zero-order valence-corrected chi connectivity index (χ0v) is 12.4. The minimum absolute atomic E-state index is 0.141. The van der Waals surface area contributed by atoms with Gasteiger partial charge < -0.3 is 14.5 Å². The second-order valence-corrected chi connectivity index (χ2v) is 5.58. The summed E-state index contributed by atoms with van der Waals surface area (Å²) in [6.07, 6.45) is 1.60. The number of ether oxygens (including phenoxy) is 1. The lowest BCUT2D eigenvalue weighted by molar-refractivity contribution is 0.0383. The van der Waals surface area contributed by atoms with Crippen LogP contribution in [-0.4, -0.2) is 55.2 Å². The molecule has 1 aliphatic heterocycles. The van der Waals surface area contributed by atoms with Gasteiger partial charge in [0.25, 0.3) is 5.91 Å². The van der Waals surface area contributed by atoms with E-state index >= 15 is 0 Å². The van der Waals surface area contributed by atoms with Gasteiger partial charge in [-0.15, -0.1) is 11.3 Å². The van der Waals surface area contributed by atoms with Gasteiger partial charge in [-0.2, -0.15) is 0 Å². The minimum atomic E-state index is -0.141. The second kappa shape index (κ2) is 6.84. The number of amides is 1. The molecule has 3 rings (SSSR count). The molecule has 0 saturated carbocycles. The molecule has 0 unspecified atom stereocenters. The van der Waals surface area contributed by atoms with Gasteiger partial charge in [0.05, 0.1) is 19.5 Å². The molecule has 0 aliphatic carbocycles. The van der Waals surface area contributed by atoms with Crippen LogP contribution in [0.1, 0.15) is 10.5 Å². The summed E-state index contributed by atoms with van der Waals surface area (Å²) in [6.45, 7) is 4.85. The van der Waals surface area contributed by atoms with Gasteiger partial charge in [0.15, 0.2) is 10.8 Å². The van der Waals surface area contributed by atoms with Crippen molar-refractivity contribution in [3.8, 4) is 10.8 Å². The number of nitrogens with one attached hydrogen (secondary N) is 1. The highest BCUT2D eigenvalue weighted by Gasteiger charge is 2.14. The fourth-order valence-corrected chi connectivity index (χ4v) is 2.90. The maximum atomic E-state index is 12.0. The Morgan fingerprint density at radius 1 is 1.43 bits per heavy atom. The van der Waals surface area contributed by atoms with Crippen molar-refractivity contribution in [1.29, 1.82) is 0 Å². The highest BCUT2D eigenvalue weighted by atomic mass is 32.1. The van der Waals surface area contributed by atoms with Crippen LogP contribution in [0.2, 0.25) is 0 Å². The van der Waals surface area contributed by atoms with E-state index in [-0.39, 0.29) is 5.91 Å². The summed E-state index contributed by atoms with van der Waals surface area (Å²) in [5, 5.41) is 5.37. The molecule has 0 aromatic carbocycles. The predicted molar refractivity (Wildman–Crippen MR) is 79.4 cm³/mol. The number of carbonyl (C=O) groups is 1. The second-order valence-electron chi connectivity index (χ2n) is 4.73. The average molecular weight is 307 g/mol. The first kappa shape index (κ1) is 14.2. The molecule has 0 bridgehead atoms. The summed E-state index contributed by atoms with van der Waals surface area (Å²) in [7, 11) is 0. The Balaban J connectivity index is 1.49. The van der Waals surface area contributed by atoms with Crippen molar-refractivity contribution >= 4 is 17.2 Å². The zero-order chi connectivity index (χ0) is 14.5. The van der Waals surface area contributed by atoms with E-state index in [1.807, 2.05) is 6.07 Å². The lowest BCUT2D eigenvalue weighted by Crippen LogP contribution is -2.41. The van der Waals surface area contributed by atoms with Gasteiger partial charge in [0, 0.05) is 31.6 Å². The van der Waals surface area contributed by atoms with Gasteiger partial charge in [0.1, 0.15) is 5.69 Å². The van der Waals surface area contributed by atoms with Crippen molar-refractivity contribution < 1.29 is 13.9 Å². The Morgan fingerprint density at radius 2 is 2.29 bits per heavy atom. The molecule has 0 radical (unpaired) electrons. The summed E-state index contributed by atoms with van der Waals surface area (Å²) >= 11 is 1.40. The van der Waals surface area contributed by atoms with Gasteiger partial charge in [-0.25, -0.2) is 4.98 Å².